The first-order valence-electron chi connectivity index (χ1n) is 8.64. The molecule has 7 heteroatoms. The van der Waals surface area contributed by atoms with Crippen molar-refractivity contribution >= 4 is 15.9 Å². The molecule has 1 unspecified atom stereocenters. The zero-order chi connectivity index (χ0) is 18.4. The standard InChI is InChI=1S/C18H28N2O4S/c1-14-5-4-6-16(11-14)13-25(22,23)20-9-7-17(8-10-20)18(21)19-15(2)12-24-3/h4-6,11,15,17H,7-10,12-13H2,1-3H3,(H,19,21). The number of methoxy groups -OCH3 is 1. The van der Waals surface area contributed by atoms with Gasteiger partial charge in [-0.1, -0.05) is 29.8 Å². The molecule has 0 spiro atoms. The van der Waals surface area contributed by atoms with Gasteiger partial charge in [0.25, 0.3) is 0 Å². The predicted molar refractivity (Wildman–Crippen MR) is 97.6 cm³/mol. The molecular weight excluding hydrogens is 340 g/mol. The number of hydrogen-bond donors (Lipinski definition) is 1. The van der Waals surface area contributed by atoms with Gasteiger partial charge >= 0.3 is 0 Å². The van der Waals surface area contributed by atoms with E-state index in [4.69, 9.17) is 4.74 Å². The average molecular weight is 368 g/mol. The molecule has 1 fully saturated rings. The molecular formula is C18H28N2O4S. The Morgan fingerprint density at radius 2 is 2.04 bits per heavy atom. The van der Waals surface area contributed by atoms with E-state index in [-0.39, 0.29) is 23.6 Å². The Hall–Kier alpha value is -1.44. The van der Waals surface area contributed by atoms with E-state index in [2.05, 4.69) is 5.32 Å². The van der Waals surface area contributed by atoms with Crippen molar-refractivity contribution in [2.45, 2.75) is 38.5 Å². The van der Waals surface area contributed by atoms with Crippen LogP contribution in [0, 0.1) is 12.8 Å². The Bertz CT molecular complexity index is 682. The number of nitrogens with one attached hydrogen (secondary N) is 1. The van der Waals surface area contributed by atoms with Crippen molar-refractivity contribution in [2.24, 2.45) is 5.92 Å². The summed E-state index contributed by atoms with van der Waals surface area (Å²) in [6, 6.07) is 7.51. The maximum Gasteiger partial charge on any atom is 0.223 e. The summed E-state index contributed by atoms with van der Waals surface area (Å²) in [6.07, 6.45) is 1.11. The van der Waals surface area contributed by atoms with E-state index in [0.717, 1.165) is 11.1 Å². The van der Waals surface area contributed by atoms with E-state index >= 15 is 0 Å². The van der Waals surface area contributed by atoms with Crippen molar-refractivity contribution in [1.29, 1.82) is 0 Å². The quantitative estimate of drug-likeness (QED) is 0.795. The first-order chi connectivity index (χ1) is 11.8. The largest absolute Gasteiger partial charge is 0.383 e. The molecule has 0 aliphatic carbocycles. The van der Waals surface area contributed by atoms with Gasteiger partial charge in [0.15, 0.2) is 0 Å². The Morgan fingerprint density at radius 1 is 1.36 bits per heavy atom. The van der Waals surface area contributed by atoms with Crippen molar-refractivity contribution < 1.29 is 17.9 Å². The van der Waals surface area contributed by atoms with Crippen LogP contribution in [-0.2, 0) is 25.3 Å². The molecule has 0 bridgehead atoms. The first-order valence-corrected chi connectivity index (χ1v) is 10.3. The van der Waals surface area contributed by atoms with Gasteiger partial charge in [-0.25, -0.2) is 12.7 Å². The zero-order valence-corrected chi connectivity index (χ0v) is 16.0. The highest BCUT2D eigenvalue weighted by Gasteiger charge is 2.31. The third-order valence-electron chi connectivity index (χ3n) is 4.45. The van der Waals surface area contributed by atoms with Crippen molar-refractivity contribution in [3.8, 4) is 0 Å². The highest BCUT2D eigenvalue weighted by molar-refractivity contribution is 7.88. The summed E-state index contributed by atoms with van der Waals surface area (Å²) in [5, 5.41) is 2.92. The molecule has 25 heavy (non-hydrogen) atoms. The van der Waals surface area contributed by atoms with Gasteiger partial charge in [0.05, 0.1) is 12.4 Å². The van der Waals surface area contributed by atoms with E-state index in [1.165, 1.54) is 4.31 Å². The van der Waals surface area contributed by atoms with Gasteiger partial charge < -0.3 is 10.1 Å². The van der Waals surface area contributed by atoms with Crippen LogP contribution < -0.4 is 5.32 Å². The van der Waals surface area contributed by atoms with E-state index in [1.807, 2.05) is 38.1 Å². The molecule has 6 nitrogen and oxygen atoms in total. The number of aryl methyl sites for hydroxylation is 1. The fourth-order valence-electron chi connectivity index (χ4n) is 3.15. The number of carbonyl (C=O) groups excluding carboxylic acids is 1. The van der Waals surface area contributed by atoms with E-state index in [1.54, 1.807) is 7.11 Å². The highest BCUT2D eigenvalue weighted by Crippen LogP contribution is 2.22. The number of benzene rings is 1. The molecule has 1 N–H and O–H groups in total. The van der Waals surface area contributed by atoms with Crippen molar-refractivity contribution in [1.82, 2.24) is 9.62 Å². The Labute approximate surface area is 150 Å². The number of hydrogen-bond acceptors (Lipinski definition) is 4. The summed E-state index contributed by atoms with van der Waals surface area (Å²) in [7, 11) is -1.75. The second-order valence-corrected chi connectivity index (χ2v) is 8.75. The summed E-state index contributed by atoms with van der Waals surface area (Å²) >= 11 is 0. The van der Waals surface area contributed by atoms with Crippen LogP contribution in [0.2, 0.25) is 0 Å². The molecule has 0 radical (unpaired) electrons. The first kappa shape index (κ1) is 19.9. The monoisotopic (exact) mass is 368 g/mol. The molecule has 0 aromatic heterocycles. The molecule has 1 heterocycles. The minimum absolute atomic E-state index is 0.0103. The number of piperidine rings is 1. The predicted octanol–water partition coefficient (Wildman–Crippen LogP) is 1.69. The molecule has 1 amide bonds. The molecule has 1 aliphatic heterocycles. The van der Waals surface area contributed by atoms with Gasteiger partial charge in [0.1, 0.15) is 0 Å². The van der Waals surface area contributed by atoms with E-state index in [0.29, 0.717) is 32.5 Å². The van der Waals surface area contributed by atoms with Gasteiger partial charge in [-0.3, -0.25) is 4.79 Å². The molecule has 1 atom stereocenters. The Morgan fingerprint density at radius 3 is 2.64 bits per heavy atom. The van der Waals surface area contributed by atoms with Crippen LogP contribution in [-0.4, -0.2) is 51.5 Å². The smallest absolute Gasteiger partial charge is 0.223 e. The van der Waals surface area contributed by atoms with Crippen LogP contribution in [0.5, 0.6) is 0 Å². The third kappa shape index (κ3) is 5.80. The fourth-order valence-corrected chi connectivity index (χ4v) is 4.70. The zero-order valence-electron chi connectivity index (χ0n) is 15.2. The van der Waals surface area contributed by atoms with E-state index < -0.39 is 10.0 Å². The van der Waals surface area contributed by atoms with Gasteiger partial charge in [-0.2, -0.15) is 0 Å². The minimum atomic E-state index is -3.35. The summed E-state index contributed by atoms with van der Waals surface area (Å²) in [5.74, 6) is -0.138. The van der Waals surface area contributed by atoms with Crippen molar-refractivity contribution in [2.75, 3.05) is 26.8 Å². The SMILES string of the molecule is COCC(C)NC(=O)C1CCN(S(=O)(=O)Cc2cccc(C)c2)CC1. The summed E-state index contributed by atoms with van der Waals surface area (Å²) in [5.41, 5.74) is 1.85. The van der Waals surface area contributed by atoms with Crippen molar-refractivity contribution in [3.05, 3.63) is 35.4 Å². The van der Waals surface area contributed by atoms with Crippen LogP contribution >= 0.6 is 0 Å². The normalized spacial score (nSPS) is 18.0. The number of carbonyl (C=O) groups is 1. The Kier molecular flexibility index (Phi) is 6.98. The molecule has 1 aromatic rings. The van der Waals surface area contributed by atoms with E-state index in [9.17, 15) is 13.2 Å². The summed E-state index contributed by atoms with van der Waals surface area (Å²) < 4.78 is 31.8. The lowest BCUT2D eigenvalue weighted by atomic mass is 9.97. The second kappa shape index (κ2) is 8.78. The maximum atomic E-state index is 12.6. The number of sulfonamides is 1. The number of ether oxygens (including phenoxy) is 1. The molecule has 2 rings (SSSR count). The van der Waals surface area contributed by atoms with Crippen LogP contribution in [0.15, 0.2) is 24.3 Å². The van der Waals surface area contributed by atoms with Gasteiger partial charge in [0, 0.05) is 32.2 Å². The molecule has 1 aliphatic rings. The number of rotatable bonds is 7. The molecule has 1 aromatic carbocycles. The lowest BCUT2D eigenvalue weighted by Crippen LogP contribution is -2.45. The lowest BCUT2D eigenvalue weighted by Gasteiger charge is -2.31. The van der Waals surface area contributed by atoms with Gasteiger partial charge in [-0.05, 0) is 32.3 Å². The Balaban J connectivity index is 1.89. The third-order valence-corrected chi connectivity index (χ3v) is 6.31. The maximum absolute atomic E-state index is 12.6. The molecule has 0 saturated carbocycles. The van der Waals surface area contributed by atoms with Crippen molar-refractivity contribution in [3.63, 3.8) is 0 Å². The van der Waals surface area contributed by atoms with Crippen LogP contribution in [0.4, 0.5) is 0 Å². The summed E-state index contributed by atoms with van der Waals surface area (Å²) in [4.78, 5) is 12.2. The number of nitrogens with zero attached hydrogens (tertiary/aromatic N) is 1. The van der Waals surface area contributed by atoms with Crippen LogP contribution in [0.3, 0.4) is 0 Å². The van der Waals surface area contributed by atoms with Gasteiger partial charge in [0.2, 0.25) is 15.9 Å². The van der Waals surface area contributed by atoms with Crippen LogP contribution in [0.25, 0.3) is 0 Å². The lowest BCUT2D eigenvalue weighted by molar-refractivity contribution is -0.127. The van der Waals surface area contributed by atoms with Gasteiger partial charge in [-0.15, -0.1) is 0 Å². The topological polar surface area (TPSA) is 75.7 Å². The van der Waals surface area contributed by atoms with Crippen LogP contribution in [0.1, 0.15) is 30.9 Å². The average Bonchev–Trinajstić information content (AvgIpc) is 2.54. The summed E-state index contributed by atoms with van der Waals surface area (Å²) in [6.45, 7) is 5.10. The second-order valence-electron chi connectivity index (χ2n) is 6.78. The fraction of sp³-hybridized carbons (Fsp3) is 0.611. The molecule has 1 saturated heterocycles. The highest BCUT2D eigenvalue weighted by atomic mass is 32.2. The molecule has 140 valence electrons. The number of amides is 1. The minimum Gasteiger partial charge on any atom is -0.383 e.